The number of pyridine rings is 2. The van der Waals surface area contributed by atoms with Gasteiger partial charge in [0, 0.05) is 48.2 Å². The minimum atomic E-state index is -0.393. The van der Waals surface area contributed by atoms with Crippen LogP contribution < -0.4 is 9.64 Å². The number of ether oxygens (including phenoxy) is 2. The largest absolute Gasteiger partial charge is 0.486 e. The highest BCUT2D eigenvalue weighted by Gasteiger charge is 2.20. The maximum absolute atomic E-state index is 9.76. The van der Waals surface area contributed by atoms with E-state index in [1.165, 1.54) is 0 Å². The molecule has 1 saturated heterocycles. The Morgan fingerprint density at radius 2 is 1.91 bits per heavy atom. The van der Waals surface area contributed by atoms with E-state index >= 15 is 0 Å². The first-order chi connectivity index (χ1) is 16.5. The number of aromatic nitrogens is 4. The summed E-state index contributed by atoms with van der Waals surface area (Å²) in [6, 6.07) is 9.73. The zero-order valence-corrected chi connectivity index (χ0v) is 19.8. The average Bonchev–Trinajstić information content (AvgIpc) is 3.27. The fourth-order valence-corrected chi connectivity index (χ4v) is 4.73. The lowest BCUT2D eigenvalue weighted by Gasteiger charge is -2.28. The first-order valence-corrected chi connectivity index (χ1v) is 11.5. The molecule has 34 heavy (non-hydrogen) atoms. The predicted octanol–water partition coefficient (Wildman–Crippen LogP) is 5.17. The number of halogens is 2. The van der Waals surface area contributed by atoms with Gasteiger partial charge < -0.3 is 14.4 Å². The van der Waals surface area contributed by atoms with Crippen LogP contribution in [0.3, 0.4) is 0 Å². The van der Waals surface area contributed by atoms with Gasteiger partial charge in [0.1, 0.15) is 29.4 Å². The second-order valence-corrected chi connectivity index (χ2v) is 8.68. The molecule has 1 aliphatic rings. The molecule has 5 rings (SSSR count). The number of hydrogen-bond acceptors (Lipinski definition) is 7. The van der Waals surface area contributed by atoms with Crippen LogP contribution in [0.4, 0.5) is 5.82 Å². The lowest BCUT2D eigenvalue weighted by molar-refractivity contribution is 0.122. The van der Waals surface area contributed by atoms with Crippen LogP contribution in [0.25, 0.3) is 22.2 Å². The molecule has 8 nitrogen and oxygen atoms in total. The van der Waals surface area contributed by atoms with Gasteiger partial charge in [0.25, 0.3) is 0 Å². The third-order valence-corrected chi connectivity index (χ3v) is 6.32. The number of hydrogen-bond donors (Lipinski definition) is 1. The Hall–Kier alpha value is -3.38. The van der Waals surface area contributed by atoms with E-state index in [-0.39, 0.29) is 0 Å². The van der Waals surface area contributed by atoms with Gasteiger partial charge in [0.15, 0.2) is 0 Å². The molecule has 0 amide bonds. The standard InChI is InChI=1S/C24H20Cl2N6O2/c1-14(22-19(25)12-28-13-20(22)26)34-17-2-3-21-18(9-17)23(31-30-21)16-8-15(10-27)24(29-11-16)32-4-6-33-7-5-32/h2-3,8-9,11-14H,4-7H2,1H3,(H,30,31). The van der Waals surface area contributed by atoms with Gasteiger partial charge >= 0.3 is 0 Å². The van der Waals surface area contributed by atoms with E-state index in [9.17, 15) is 5.26 Å². The van der Waals surface area contributed by atoms with Crippen LogP contribution in [-0.4, -0.2) is 46.5 Å². The second-order valence-electron chi connectivity index (χ2n) is 7.86. The van der Waals surface area contributed by atoms with Crippen LogP contribution in [0.2, 0.25) is 10.0 Å². The first kappa shape index (κ1) is 22.4. The number of nitrogens with one attached hydrogen (secondary N) is 1. The molecule has 172 valence electrons. The number of aromatic amines is 1. The number of nitriles is 1. The number of benzene rings is 1. The number of H-pyrrole nitrogens is 1. The third kappa shape index (κ3) is 4.26. The Balaban J connectivity index is 1.47. The molecule has 1 atom stereocenters. The maximum Gasteiger partial charge on any atom is 0.146 e. The summed E-state index contributed by atoms with van der Waals surface area (Å²) in [6.45, 7) is 4.53. The second kappa shape index (κ2) is 9.47. The first-order valence-electron chi connectivity index (χ1n) is 10.7. The molecule has 4 aromatic rings. The maximum atomic E-state index is 9.76. The fourth-order valence-electron chi connectivity index (χ4n) is 4.06. The van der Waals surface area contributed by atoms with Crippen LogP contribution in [0.5, 0.6) is 5.75 Å². The summed E-state index contributed by atoms with van der Waals surface area (Å²) in [6.07, 6.45) is 4.43. The summed E-state index contributed by atoms with van der Waals surface area (Å²) in [5, 5.41) is 19.0. The van der Waals surface area contributed by atoms with Gasteiger partial charge in [-0.25, -0.2) is 4.98 Å². The summed E-state index contributed by atoms with van der Waals surface area (Å²) in [5.74, 6) is 1.29. The monoisotopic (exact) mass is 494 g/mol. The van der Waals surface area contributed by atoms with Crippen molar-refractivity contribution in [3.8, 4) is 23.1 Å². The van der Waals surface area contributed by atoms with Gasteiger partial charge in [-0.2, -0.15) is 10.4 Å². The van der Waals surface area contributed by atoms with Crippen molar-refractivity contribution in [2.45, 2.75) is 13.0 Å². The van der Waals surface area contributed by atoms with Crippen molar-refractivity contribution in [1.82, 2.24) is 20.2 Å². The van der Waals surface area contributed by atoms with Gasteiger partial charge in [-0.3, -0.25) is 10.1 Å². The van der Waals surface area contributed by atoms with E-state index in [0.29, 0.717) is 64.7 Å². The summed E-state index contributed by atoms with van der Waals surface area (Å²) in [5.41, 5.74) is 3.44. The fraction of sp³-hybridized carbons (Fsp3) is 0.250. The SMILES string of the molecule is CC(Oc1ccc2[nH]nc(-c3cnc(N4CCOCC4)c(C#N)c3)c2c1)c1c(Cl)cncc1Cl. The third-order valence-electron chi connectivity index (χ3n) is 5.72. The Bertz CT molecular complexity index is 1370. The van der Waals surface area contributed by atoms with Gasteiger partial charge in [-0.15, -0.1) is 0 Å². The van der Waals surface area contributed by atoms with Gasteiger partial charge in [-0.1, -0.05) is 23.2 Å². The van der Waals surface area contributed by atoms with Crippen LogP contribution in [0, 0.1) is 11.3 Å². The van der Waals surface area contributed by atoms with Crippen molar-refractivity contribution in [2.24, 2.45) is 0 Å². The molecule has 10 heteroatoms. The molecule has 4 heterocycles. The van der Waals surface area contributed by atoms with Crippen molar-refractivity contribution in [1.29, 1.82) is 5.26 Å². The summed E-state index contributed by atoms with van der Waals surface area (Å²) < 4.78 is 11.6. The molecule has 0 radical (unpaired) electrons. The van der Waals surface area contributed by atoms with E-state index in [1.54, 1.807) is 18.6 Å². The highest BCUT2D eigenvalue weighted by molar-refractivity contribution is 6.35. The number of morpholine rings is 1. The quantitative estimate of drug-likeness (QED) is 0.408. The molecule has 3 aromatic heterocycles. The molecule has 1 N–H and O–H groups in total. The van der Waals surface area contributed by atoms with Crippen molar-refractivity contribution in [3.05, 3.63) is 64.0 Å². The van der Waals surface area contributed by atoms with Crippen molar-refractivity contribution >= 4 is 39.9 Å². The molecular formula is C24H20Cl2N6O2. The van der Waals surface area contributed by atoms with Gasteiger partial charge in [0.2, 0.25) is 0 Å². The number of rotatable bonds is 5. The number of anilines is 1. The molecule has 1 unspecified atom stereocenters. The molecule has 1 aliphatic heterocycles. The minimum Gasteiger partial charge on any atom is -0.486 e. The molecule has 0 bridgehead atoms. The van der Waals surface area contributed by atoms with Gasteiger partial charge in [-0.05, 0) is 31.2 Å². The average molecular weight is 495 g/mol. The van der Waals surface area contributed by atoms with E-state index in [0.717, 1.165) is 16.5 Å². The highest BCUT2D eigenvalue weighted by atomic mass is 35.5. The van der Waals surface area contributed by atoms with Crippen molar-refractivity contribution < 1.29 is 9.47 Å². The molecular weight excluding hydrogens is 475 g/mol. The normalized spacial score (nSPS) is 14.7. The predicted molar refractivity (Wildman–Crippen MR) is 130 cm³/mol. The van der Waals surface area contributed by atoms with E-state index in [2.05, 4.69) is 31.1 Å². The Morgan fingerprint density at radius 3 is 2.65 bits per heavy atom. The lowest BCUT2D eigenvalue weighted by atomic mass is 10.1. The molecule has 0 aliphatic carbocycles. The summed E-state index contributed by atoms with van der Waals surface area (Å²) in [7, 11) is 0. The number of nitrogens with zero attached hydrogens (tertiary/aromatic N) is 5. The molecule has 0 spiro atoms. The highest BCUT2D eigenvalue weighted by Crippen LogP contribution is 2.35. The van der Waals surface area contributed by atoms with Gasteiger partial charge in [0.05, 0.1) is 34.3 Å². The summed E-state index contributed by atoms with van der Waals surface area (Å²) in [4.78, 5) is 10.7. The Labute approximate surface area is 206 Å². The van der Waals surface area contributed by atoms with E-state index < -0.39 is 6.10 Å². The zero-order chi connectivity index (χ0) is 23.7. The minimum absolute atomic E-state index is 0.393. The Morgan fingerprint density at radius 1 is 1.15 bits per heavy atom. The zero-order valence-electron chi connectivity index (χ0n) is 18.3. The van der Waals surface area contributed by atoms with Crippen LogP contribution >= 0.6 is 23.2 Å². The molecule has 1 aromatic carbocycles. The molecule has 1 fully saturated rings. The summed E-state index contributed by atoms with van der Waals surface area (Å²) >= 11 is 12.6. The lowest BCUT2D eigenvalue weighted by Crippen LogP contribution is -2.37. The van der Waals surface area contributed by atoms with Crippen LogP contribution in [0.15, 0.2) is 42.9 Å². The van der Waals surface area contributed by atoms with Crippen LogP contribution in [0.1, 0.15) is 24.2 Å². The van der Waals surface area contributed by atoms with Crippen molar-refractivity contribution in [2.75, 3.05) is 31.2 Å². The number of fused-ring (bicyclic) bond motifs is 1. The van der Waals surface area contributed by atoms with Crippen molar-refractivity contribution in [3.63, 3.8) is 0 Å². The van der Waals surface area contributed by atoms with Crippen LogP contribution in [-0.2, 0) is 4.74 Å². The smallest absolute Gasteiger partial charge is 0.146 e. The molecule has 0 saturated carbocycles. The van der Waals surface area contributed by atoms with E-state index in [1.807, 2.05) is 31.2 Å². The van der Waals surface area contributed by atoms with E-state index in [4.69, 9.17) is 32.7 Å². The Kier molecular flexibility index (Phi) is 6.24. The topological polar surface area (TPSA) is 100.0 Å².